The predicted octanol–water partition coefficient (Wildman–Crippen LogP) is 2.37. The number of nitrogens with zero attached hydrogens (tertiary/aromatic N) is 2. The van der Waals surface area contributed by atoms with Gasteiger partial charge in [0.2, 0.25) is 5.91 Å². The van der Waals surface area contributed by atoms with Crippen molar-refractivity contribution in [3.05, 3.63) is 42.2 Å². The molecule has 0 saturated heterocycles. The van der Waals surface area contributed by atoms with Gasteiger partial charge in [-0.3, -0.25) is 4.79 Å². The maximum Gasteiger partial charge on any atom is 0.322 e. The van der Waals surface area contributed by atoms with Crippen molar-refractivity contribution in [3.63, 3.8) is 0 Å². The molecule has 2 N–H and O–H groups in total. The third-order valence-electron chi connectivity index (χ3n) is 3.06. The first-order chi connectivity index (χ1) is 10.6. The number of carbonyl (C=O) groups excluding carboxylic acids is 1. The number of hydrogen-bond acceptors (Lipinski definition) is 5. The molecule has 6 nitrogen and oxygen atoms in total. The standard InChI is InChI=1S/C16H20N4O2/c1-11(10-17-3)15(21)20-13-4-6-14(7-5-13)22-16-18-9-8-12(2)19-16/h4-9,11,17H,10H2,1-3H3,(H,20,21). The Morgan fingerprint density at radius 2 is 2.00 bits per heavy atom. The van der Waals surface area contributed by atoms with Crippen molar-refractivity contribution in [1.82, 2.24) is 15.3 Å². The van der Waals surface area contributed by atoms with Gasteiger partial charge in [-0.05, 0) is 44.3 Å². The third kappa shape index (κ3) is 4.53. The van der Waals surface area contributed by atoms with Crippen LogP contribution in [0.4, 0.5) is 5.69 Å². The van der Waals surface area contributed by atoms with E-state index in [-0.39, 0.29) is 11.8 Å². The first-order valence-electron chi connectivity index (χ1n) is 7.11. The van der Waals surface area contributed by atoms with Crippen molar-refractivity contribution >= 4 is 11.6 Å². The molecule has 22 heavy (non-hydrogen) atoms. The summed E-state index contributed by atoms with van der Waals surface area (Å²) in [6.07, 6.45) is 1.65. The monoisotopic (exact) mass is 300 g/mol. The van der Waals surface area contributed by atoms with Crippen molar-refractivity contribution < 1.29 is 9.53 Å². The van der Waals surface area contributed by atoms with Gasteiger partial charge in [0.1, 0.15) is 5.75 Å². The molecule has 1 aromatic heterocycles. The SMILES string of the molecule is CNCC(C)C(=O)Nc1ccc(Oc2nccc(C)n2)cc1. The molecule has 0 fully saturated rings. The molecule has 6 heteroatoms. The summed E-state index contributed by atoms with van der Waals surface area (Å²) in [4.78, 5) is 20.1. The first kappa shape index (κ1) is 15.9. The van der Waals surface area contributed by atoms with Gasteiger partial charge in [-0.2, -0.15) is 0 Å². The van der Waals surface area contributed by atoms with E-state index in [1.54, 1.807) is 36.5 Å². The predicted molar refractivity (Wildman–Crippen MR) is 85.0 cm³/mol. The van der Waals surface area contributed by atoms with Crippen molar-refractivity contribution in [1.29, 1.82) is 0 Å². The molecule has 2 rings (SSSR count). The van der Waals surface area contributed by atoms with Crippen LogP contribution in [0.5, 0.6) is 11.8 Å². The van der Waals surface area contributed by atoms with Crippen LogP contribution in [0.2, 0.25) is 0 Å². The summed E-state index contributed by atoms with van der Waals surface area (Å²) >= 11 is 0. The van der Waals surface area contributed by atoms with Crippen LogP contribution in [0.25, 0.3) is 0 Å². The van der Waals surface area contributed by atoms with Crippen LogP contribution in [0, 0.1) is 12.8 Å². The topological polar surface area (TPSA) is 76.1 Å². The molecule has 0 radical (unpaired) electrons. The second-order valence-electron chi connectivity index (χ2n) is 5.06. The molecule has 1 unspecified atom stereocenters. The molecule has 1 heterocycles. The van der Waals surface area contributed by atoms with E-state index in [0.717, 1.165) is 11.4 Å². The molecule has 0 spiro atoms. The number of ether oxygens (including phenoxy) is 1. The summed E-state index contributed by atoms with van der Waals surface area (Å²) in [7, 11) is 1.82. The number of amides is 1. The van der Waals surface area contributed by atoms with Crippen LogP contribution in [-0.2, 0) is 4.79 Å². The molecule has 1 amide bonds. The quantitative estimate of drug-likeness (QED) is 0.856. The highest BCUT2D eigenvalue weighted by Crippen LogP contribution is 2.20. The molecule has 0 aliphatic carbocycles. The van der Waals surface area contributed by atoms with Gasteiger partial charge in [-0.25, -0.2) is 9.97 Å². The number of rotatable bonds is 6. The molecular formula is C16H20N4O2. The fraction of sp³-hybridized carbons (Fsp3) is 0.312. The molecule has 2 aromatic rings. The summed E-state index contributed by atoms with van der Waals surface area (Å²) in [6.45, 7) is 4.38. The van der Waals surface area contributed by atoms with Gasteiger partial charge in [0.25, 0.3) is 0 Å². The van der Waals surface area contributed by atoms with Gasteiger partial charge in [0.15, 0.2) is 0 Å². The second-order valence-corrected chi connectivity index (χ2v) is 5.06. The fourth-order valence-corrected chi connectivity index (χ4v) is 1.85. The number of aromatic nitrogens is 2. The molecule has 0 saturated carbocycles. The molecular weight excluding hydrogens is 280 g/mol. The Morgan fingerprint density at radius 1 is 1.27 bits per heavy atom. The summed E-state index contributed by atoms with van der Waals surface area (Å²) < 4.78 is 5.56. The minimum atomic E-state index is -0.0957. The van der Waals surface area contributed by atoms with Gasteiger partial charge in [0.05, 0.1) is 0 Å². The fourth-order valence-electron chi connectivity index (χ4n) is 1.85. The first-order valence-corrected chi connectivity index (χ1v) is 7.11. The van der Waals surface area contributed by atoms with E-state index in [4.69, 9.17) is 4.74 Å². The average molecular weight is 300 g/mol. The van der Waals surface area contributed by atoms with Crippen LogP contribution in [-0.4, -0.2) is 29.5 Å². The Morgan fingerprint density at radius 3 is 2.64 bits per heavy atom. The summed E-state index contributed by atoms with van der Waals surface area (Å²) in [5.41, 5.74) is 1.57. The Balaban J connectivity index is 1.97. The van der Waals surface area contributed by atoms with Gasteiger partial charge >= 0.3 is 6.01 Å². The smallest absolute Gasteiger partial charge is 0.322 e. The second kappa shape index (κ2) is 7.51. The Hall–Kier alpha value is -2.47. The van der Waals surface area contributed by atoms with E-state index in [0.29, 0.717) is 18.3 Å². The van der Waals surface area contributed by atoms with Gasteiger partial charge in [-0.1, -0.05) is 6.92 Å². The third-order valence-corrected chi connectivity index (χ3v) is 3.06. The van der Waals surface area contributed by atoms with Crippen molar-refractivity contribution in [2.45, 2.75) is 13.8 Å². The molecule has 116 valence electrons. The molecule has 0 aliphatic heterocycles. The van der Waals surface area contributed by atoms with E-state index in [2.05, 4.69) is 20.6 Å². The lowest BCUT2D eigenvalue weighted by Crippen LogP contribution is -2.28. The number of aryl methyl sites for hydroxylation is 1. The zero-order valence-electron chi connectivity index (χ0n) is 13.0. The lowest BCUT2D eigenvalue weighted by Gasteiger charge is -2.12. The van der Waals surface area contributed by atoms with E-state index in [1.807, 2.05) is 20.9 Å². The number of hydrogen-bond donors (Lipinski definition) is 2. The van der Waals surface area contributed by atoms with Crippen LogP contribution >= 0.6 is 0 Å². The van der Waals surface area contributed by atoms with Crippen LogP contribution in [0.1, 0.15) is 12.6 Å². The van der Waals surface area contributed by atoms with Crippen LogP contribution in [0.15, 0.2) is 36.5 Å². The number of carbonyl (C=O) groups is 1. The summed E-state index contributed by atoms with van der Waals surface area (Å²) in [5.74, 6) is 0.499. The lowest BCUT2D eigenvalue weighted by molar-refractivity contribution is -0.119. The number of nitrogens with one attached hydrogen (secondary N) is 2. The van der Waals surface area contributed by atoms with Crippen LogP contribution < -0.4 is 15.4 Å². The highest BCUT2D eigenvalue weighted by Gasteiger charge is 2.11. The maximum atomic E-state index is 11.9. The zero-order chi connectivity index (χ0) is 15.9. The molecule has 0 bridgehead atoms. The van der Waals surface area contributed by atoms with Gasteiger partial charge < -0.3 is 15.4 Å². The molecule has 1 atom stereocenters. The summed E-state index contributed by atoms with van der Waals surface area (Å²) in [6, 6.07) is 9.22. The van der Waals surface area contributed by atoms with E-state index >= 15 is 0 Å². The number of benzene rings is 1. The molecule has 1 aromatic carbocycles. The van der Waals surface area contributed by atoms with Crippen molar-refractivity contribution in [2.75, 3.05) is 18.9 Å². The minimum absolute atomic E-state index is 0.0231. The normalized spacial score (nSPS) is 11.8. The summed E-state index contributed by atoms with van der Waals surface area (Å²) in [5, 5.41) is 5.84. The zero-order valence-corrected chi connectivity index (χ0v) is 13.0. The molecule has 0 aliphatic rings. The Kier molecular flexibility index (Phi) is 5.43. The average Bonchev–Trinajstić information content (AvgIpc) is 2.49. The van der Waals surface area contributed by atoms with Crippen molar-refractivity contribution in [3.8, 4) is 11.8 Å². The Bertz CT molecular complexity index is 628. The highest BCUT2D eigenvalue weighted by molar-refractivity contribution is 5.92. The number of anilines is 1. The Labute approximate surface area is 129 Å². The van der Waals surface area contributed by atoms with E-state index in [9.17, 15) is 4.79 Å². The minimum Gasteiger partial charge on any atom is -0.424 e. The van der Waals surface area contributed by atoms with E-state index < -0.39 is 0 Å². The van der Waals surface area contributed by atoms with Crippen molar-refractivity contribution in [2.24, 2.45) is 5.92 Å². The largest absolute Gasteiger partial charge is 0.424 e. The van der Waals surface area contributed by atoms with Crippen LogP contribution in [0.3, 0.4) is 0 Å². The van der Waals surface area contributed by atoms with Gasteiger partial charge in [-0.15, -0.1) is 0 Å². The maximum absolute atomic E-state index is 11.9. The van der Waals surface area contributed by atoms with E-state index in [1.165, 1.54) is 0 Å². The lowest BCUT2D eigenvalue weighted by atomic mass is 10.1. The van der Waals surface area contributed by atoms with Gasteiger partial charge in [0, 0.05) is 30.0 Å². The highest BCUT2D eigenvalue weighted by atomic mass is 16.5.